The second-order valence-corrected chi connectivity index (χ2v) is 5.37. The number of thiophene rings is 1. The number of nitrogens with one attached hydrogen (secondary N) is 1. The van der Waals surface area contributed by atoms with Gasteiger partial charge in [-0.1, -0.05) is 6.42 Å². The van der Waals surface area contributed by atoms with Crippen LogP contribution < -0.4 is 5.32 Å². The average Bonchev–Trinajstić information content (AvgIpc) is 2.42. The molecule has 1 aliphatic rings. The van der Waals surface area contributed by atoms with Crippen LogP contribution in [-0.4, -0.2) is 5.91 Å². The Hall–Kier alpha value is -0.830. The molecule has 1 heterocycles. The van der Waals surface area contributed by atoms with Gasteiger partial charge in [0.2, 0.25) is 5.91 Å². The predicted molar refractivity (Wildman–Crippen MR) is 63.0 cm³/mol. The molecule has 0 unspecified atom stereocenters. The van der Waals surface area contributed by atoms with E-state index >= 15 is 0 Å². The molecule has 1 aromatic heterocycles. The quantitative estimate of drug-likeness (QED) is 0.838. The Labute approximate surface area is 94.7 Å². The molecule has 2 nitrogen and oxygen atoms in total. The van der Waals surface area contributed by atoms with Crippen LogP contribution in [0.4, 0.5) is 0 Å². The Balaban J connectivity index is 1.87. The second kappa shape index (κ2) is 4.35. The van der Waals surface area contributed by atoms with E-state index in [1.165, 1.54) is 22.4 Å². The molecule has 1 saturated carbocycles. The van der Waals surface area contributed by atoms with Gasteiger partial charge in [0.25, 0.3) is 0 Å². The summed E-state index contributed by atoms with van der Waals surface area (Å²) in [6, 6.07) is 0. The maximum atomic E-state index is 11.6. The van der Waals surface area contributed by atoms with Crippen molar-refractivity contribution in [1.82, 2.24) is 5.32 Å². The van der Waals surface area contributed by atoms with Crippen molar-refractivity contribution >= 4 is 17.2 Å². The minimum Gasteiger partial charge on any atom is -0.352 e. The summed E-state index contributed by atoms with van der Waals surface area (Å²) in [5.41, 5.74) is 2.60. The van der Waals surface area contributed by atoms with Gasteiger partial charge in [0, 0.05) is 17.3 Å². The van der Waals surface area contributed by atoms with E-state index in [1.54, 1.807) is 11.3 Å². The van der Waals surface area contributed by atoms with Crippen LogP contribution in [0.3, 0.4) is 0 Å². The molecule has 0 saturated heterocycles. The fourth-order valence-electron chi connectivity index (χ4n) is 1.73. The monoisotopic (exact) mass is 223 g/mol. The van der Waals surface area contributed by atoms with Crippen LogP contribution in [-0.2, 0) is 11.3 Å². The third kappa shape index (κ3) is 2.23. The molecule has 1 amide bonds. The Morgan fingerprint density at radius 2 is 2.27 bits per heavy atom. The highest BCUT2D eigenvalue weighted by Crippen LogP contribution is 2.26. The fourth-order valence-corrected chi connectivity index (χ4v) is 2.62. The first kappa shape index (κ1) is 10.7. The van der Waals surface area contributed by atoms with E-state index in [4.69, 9.17) is 0 Å². The summed E-state index contributed by atoms with van der Waals surface area (Å²) < 4.78 is 0. The van der Waals surface area contributed by atoms with Crippen LogP contribution in [0.15, 0.2) is 5.38 Å². The molecule has 0 radical (unpaired) electrons. The van der Waals surface area contributed by atoms with E-state index < -0.39 is 0 Å². The van der Waals surface area contributed by atoms with Gasteiger partial charge in [0.1, 0.15) is 0 Å². The second-order valence-electron chi connectivity index (χ2n) is 4.29. The van der Waals surface area contributed by atoms with E-state index in [1.807, 2.05) is 0 Å². The Kier molecular flexibility index (Phi) is 3.10. The zero-order valence-electron chi connectivity index (χ0n) is 9.30. The van der Waals surface area contributed by atoms with Gasteiger partial charge >= 0.3 is 0 Å². The maximum absolute atomic E-state index is 11.6. The van der Waals surface area contributed by atoms with E-state index in [9.17, 15) is 4.79 Å². The SMILES string of the molecule is Cc1scc(CNC(=O)C2CCC2)c1C. The Morgan fingerprint density at radius 3 is 2.73 bits per heavy atom. The molecule has 1 fully saturated rings. The third-order valence-corrected chi connectivity index (χ3v) is 4.38. The van der Waals surface area contributed by atoms with Crippen molar-refractivity contribution in [2.45, 2.75) is 39.7 Å². The summed E-state index contributed by atoms with van der Waals surface area (Å²) in [7, 11) is 0. The van der Waals surface area contributed by atoms with E-state index in [0.29, 0.717) is 12.5 Å². The average molecular weight is 223 g/mol. The van der Waals surface area contributed by atoms with Crippen LogP contribution in [0.5, 0.6) is 0 Å². The largest absolute Gasteiger partial charge is 0.352 e. The van der Waals surface area contributed by atoms with E-state index in [0.717, 1.165) is 12.8 Å². The third-order valence-electron chi connectivity index (χ3n) is 3.32. The van der Waals surface area contributed by atoms with Gasteiger partial charge in [0.05, 0.1) is 0 Å². The highest BCUT2D eigenvalue weighted by atomic mass is 32.1. The van der Waals surface area contributed by atoms with Crippen molar-refractivity contribution in [3.05, 3.63) is 21.4 Å². The van der Waals surface area contributed by atoms with Gasteiger partial charge in [-0.15, -0.1) is 11.3 Å². The van der Waals surface area contributed by atoms with E-state index in [2.05, 4.69) is 24.5 Å². The smallest absolute Gasteiger partial charge is 0.223 e. The summed E-state index contributed by atoms with van der Waals surface area (Å²) in [5, 5.41) is 5.17. The summed E-state index contributed by atoms with van der Waals surface area (Å²) in [5.74, 6) is 0.537. The van der Waals surface area contributed by atoms with Crippen molar-refractivity contribution in [2.75, 3.05) is 0 Å². The van der Waals surface area contributed by atoms with Gasteiger partial charge in [-0.05, 0) is 43.2 Å². The van der Waals surface area contributed by atoms with Crippen LogP contribution in [0.25, 0.3) is 0 Å². The summed E-state index contributed by atoms with van der Waals surface area (Å²) in [6.45, 7) is 4.94. The standard InChI is InChI=1S/C12H17NOS/c1-8-9(2)15-7-11(8)6-13-12(14)10-4-3-5-10/h7,10H,3-6H2,1-2H3,(H,13,14). The number of carbonyl (C=O) groups excluding carboxylic acids is 1. The zero-order valence-corrected chi connectivity index (χ0v) is 10.1. The number of aryl methyl sites for hydroxylation is 1. The number of carbonyl (C=O) groups is 1. The lowest BCUT2D eigenvalue weighted by atomic mass is 9.85. The van der Waals surface area contributed by atoms with Crippen LogP contribution >= 0.6 is 11.3 Å². The molecule has 0 aliphatic heterocycles. The molecular formula is C12H17NOS. The lowest BCUT2D eigenvalue weighted by molar-refractivity contribution is -0.127. The topological polar surface area (TPSA) is 29.1 Å². The predicted octanol–water partition coefficient (Wildman–Crippen LogP) is 2.78. The number of hydrogen-bond acceptors (Lipinski definition) is 2. The normalized spacial score (nSPS) is 16.1. The minimum absolute atomic E-state index is 0.240. The van der Waals surface area contributed by atoms with Crippen molar-refractivity contribution < 1.29 is 4.79 Å². The van der Waals surface area contributed by atoms with Gasteiger partial charge in [-0.2, -0.15) is 0 Å². The van der Waals surface area contributed by atoms with Crippen molar-refractivity contribution in [2.24, 2.45) is 5.92 Å². The van der Waals surface area contributed by atoms with Gasteiger partial charge in [-0.25, -0.2) is 0 Å². The molecule has 82 valence electrons. The Morgan fingerprint density at radius 1 is 1.53 bits per heavy atom. The molecule has 2 rings (SSSR count). The first-order valence-corrected chi connectivity index (χ1v) is 6.37. The van der Waals surface area contributed by atoms with Crippen molar-refractivity contribution in [3.8, 4) is 0 Å². The molecule has 0 bridgehead atoms. The summed E-state index contributed by atoms with van der Waals surface area (Å²) in [4.78, 5) is 13.0. The summed E-state index contributed by atoms with van der Waals surface area (Å²) >= 11 is 1.76. The molecule has 0 aromatic carbocycles. The molecule has 15 heavy (non-hydrogen) atoms. The highest BCUT2D eigenvalue weighted by Gasteiger charge is 2.24. The molecule has 1 aromatic rings. The van der Waals surface area contributed by atoms with Gasteiger partial charge in [0.15, 0.2) is 0 Å². The van der Waals surface area contributed by atoms with Gasteiger partial charge in [-0.3, -0.25) is 4.79 Å². The van der Waals surface area contributed by atoms with Crippen molar-refractivity contribution in [3.63, 3.8) is 0 Å². The maximum Gasteiger partial charge on any atom is 0.223 e. The zero-order chi connectivity index (χ0) is 10.8. The Bertz CT molecular complexity index is 366. The molecule has 0 atom stereocenters. The lowest BCUT2D eigenvalue weighted by Crippen LogP contribution is -2.33. The van der Waals surface area contributed by atoms with Crippen LogP contribution in [0.2, 0.25) is 0 Å². The molecule has 3 heteroatoms. The fraction of sp³-hybridized carbons (Fsp3) is 0.583. The van der Waals surface area contributed by atoms with Gasteiger partial charge < -0.3 is 5.32 Å². The first-order valence-electron chi connectivity index (χ1n) is 5.49. The number of rotatable bonds is 3. The van der Waals surface area contributed by atoms with Crippen LogP contribution in [0.1, 0.15) is 35.3 Å². The number of amides is 1. The van der Waals surface area contributed by atoms with Crippen LogP contribution in [0, 0.1) is 19.8 Å². The molecule has 0 spiro atoms. The first-order chi connectivity index (χ1) is 7.18. The van der Waals surface area contributed by atoms with E-state index in [-0.39, 0.29) is 5.91 Å². The summed E-state index contributed by atoms with van der Waals surface area (Å²) in [6.07, 6.45) is 3.37. The highest BCUT2D eigenvalue weighted by molar-refractivity contribution is 7.10. The molecular weight excluding hydrogens is 206 g/mol. The van der Waals surface area contributed by atoms with Crippen molar-refractivity contribution in [1.29, 1.82) is 0 Å². The molecule has 1 aliphatic carbocycles. The number of hydrogen-bond donors (Lipinski definition) is 1. The minimum atomic E-state index is 0.240. The lowest BCUT2D eigenvalue weighted by Gasteiger charge is -2.24. The molecule has 1 N–H and O–H groups in total.